The van der Waals surface area contributed by atoms with Gasteiger partial charge >= 0.3 is 0 Å². The molecule has 31 heavy (non-hydrogen) atoms. The Morgan fingerprint density at radius 1 is 1.16 bits per heavy atom. The lowest BCUT2D eigenvalue weighted by atomic mass is 9.77. The van der Waals surface area contributed by atoms with E-state index in [0.717, 1.165) is 22.7 Å². The maximum absolute atomic E-state index is 13.4. The SMILES string of the molecule is COc1ccc(N2C[C@]34C=C[C@H](O3)[C@H](C(=O)NCc3cccc(OC)c3)[C@H]4C2=O)cc1. The number of hydrogen-bond donors (Lipinski definition) is 1. The van der Waals surface area contributed by atoms with Gasteiger partial charge in [-0.05, 0) is 42.0 Å². The van der Waals surface area contributed by atoms with Crippen LogP contribution in [0.3, 0.4) is 0 Å². The highest BCUT2D eigenvalue weighted by molar-refractivity contribution is 6.03. The third-order valence-corrected chi connectivity index (χ3v) is 6.39. The summed E-state index contributed by atoms with van der Waals surface area (Å²) in [5.74, 6) is 0.118. The van der Waals surface area contributed by atoms with Crippen molar-refractivity contribution in [3.8, 4) is 11.5 Å². The van der Waals surface area contributed by atoms with E-state index < -0.39 is 17.4 Å². The lowest BCUT2D eigenvalue weighted by Gasteiger charge is -2.23. The predicted molar refractivity (Wildman–Crippen MR) is 114 cm³/mol. The fourth-order valence-electron chi connectivity index (χ4n) is 4.87. The minimum absolute atomic E-state index is 0.0847. The lowest BCUT2D eigenvalue weighted by Crippen LogP contribution is -2.43. The van der Waals surface area contributed by atoms with Crippen LogP contribution in [-0.2, 0) is 20.9 Å². The van der Waals surface area contributed by atoms with Crippen molar-refractivity contribution in [1.82, 2.24) is 5.32 Å². The van der Waals surface area contributed by atoms with Gasteiger partial charge in [0.1, 0.15) is 17.1 Å². The van der Waals surface area contributed by atoms with E-state index in [4.69, 9.17) is 14.2 Å². The topological polar surface area (TPSA) is 77.1 Å². The van der Waals surface area contributed by atoms with Crippen LogP contribution in [-0.4, -0.2) is 44.3 Å². The molecular weight excluding hydrogens is 396 g/mol. The zero-order chi connectivity index (χ0) is 21.6. The van der Waals surface area contributed by atoms with E-state index in [1.165, 1.54) is 0 Å². The zero-order valence-electron chi connectivity index (χ0n) is 17.4. The third kappa shape index (κ3) is 3.16. The smallest absolute Gasteiger partial charge is 0.234 e. The molecule has 3 heterocycles. The zero-order valence-corrected chi connectivity index (χ0v) is 17.4. The van der Waals surface area contributed by atoms with Crippen LogP contribution in [0.5, 0.6) is 11.5 Å². The highest BCUT2D eigenvalue weighted by atomic mass is 16.5. The Bertz CT molecular complexity index is 1050. The van der Waals surface area contributed by atoms with E-state index >= 15 is 0 Å². The summed E-state index contributed by atoms with van der Waals surface area (Å²) in [5.41, 5.74) is 0.949. The van der Waals surface area contributed by atoms with E-state index in [0.29, 0.717) is 13.1 Å². The van der Waals surface area contributed by atoms with Gasteiger partial charge in [-0.25, -0.2) is 0 Å². The second kappa shape index (κ2) is 7.42. The van der Waals surface area contributed by atoms with Crippen LogP contribution in [0.15, 0.2) is 60.7 Å². The molecule has 2 amide bonds. The maximum Gasteiger partial charge on any atom is 0.234 e. The number of fused-ring (bicyclic) bond motifs is 1. The molecule has 0 aliphatic carbocycles. The van der Waals surface area contributed by atoms with E-state index in [1.807, 2.05) is 60.7 Å². The van der Waals surface area contributed by atoms with Gasteiger partial charge in [-0.15, -0.1) is 0 Å². The monoisotopic (exact) mass is 420 g/mol. The second-order valence-electron chi connectivity index (χ2n) is 8.09. The van der Waals surface area contributed by atoms with Crippen LogP contribution in [0.4, 0.5) is 5.69 Å². The average Bonchev–Trinajstić information content (AvgIpc) is 3.46. The van der Waals surface area contributed by atoms with E-state index in [-0.39, 0.29) is 17.9 Å². The molecule has 160 valence electrons. The highest BCUT2D eigenvalue weighted by Gasteiger charge is 2.67. The number of methoxy groups -OCH3 is 2. The largest absolute Gasteiger partial charge is 0.497 e. The average molecular weight is 420 g/mol. The lowest BCUT2D eigenvalue weighted by molar-refractivity contribution is -0.132. The second-order valence-corrected chi connectivity index (χ2v) is 8.09. The minimum Gasteiger partial charge on any atom is -0.497 e. The number of ether oxygens (including phenoxy) is 3. The van der Waals surface area contributed by atoms with Gasteiger partial charge in [0.25, 0.3) is 0 Å². The van der Waals surface area contributed by atoms with Gasteiger partial charge < -0.3 is 24.4 Å². The fraction of sp³-hybridized carbons (Fsp3) is 0.333. The van der Waals surface area contributed by atoms with Crippen LogP contribution in [0.2, 0.25) is 0 Å². The van der Waals surface area contributed by atoms with Crippen LogP contribution in [0, 0.1) is 11.8 Å². The molecule has 0 unspecified atom stereocenters. The molecule has 2 bridgehead atoms. The quantitative estimate of drug-likeness (QED) is 0.726. The molecule has 2 fully saturated rings. The Balaban J connectivity index is 1.34. The first-order valence-electron chi connectivity index (χ1n) is 10.3. The minimum atomic E-state index is -0.750. The first-order valence-corrected chi connectivity index (χ1v) is 10.3. The van der Waals surface area contributed by atoms with Gasteiger partial charge in [-0.1, -0.05) is 24.3 Å². The molecule has 2 saturated heterocycles. The summed E-state index contributed by atoms with van der Waals surface area (Å²) in [6, 6.07) is 14.9. The summed E-state index contributed by atoms with van der Waals surface area (Å²) < 4.78 is 16.6. The molecule has 0 radical (unpaired) electrons. The number of hydrogen-bond acceptors (Lipinski definition) is 5. The molecule has 1 N–H and O–H groups in total. The van der Waals surface area contributed by atoms with Gasteiger partial charge in [0.05, 0.1) is 38.7 Å². The van der Waals surface area contributed by atoms with Crippen molar-refractivity contribution in [2.45, 2.75) is 18.2 Å². The maximum atomic E-state index is 13.4. The molecule has 3 aliphatic heterocycles. The molecule has 2 aromatic rings. The normalized spacial score (nSPS) is 28.0. The molecule has 2 aromatic carbocycles. The molecule has 5 rings (SSSR count). The van der Waals surface area contributed by atoms with Crippen molar-refractivity contribution in [3.63, 3.8) is 0 Å². The Hall–Kier alpha value is -3.32. The number of rotatable bonds is 6. The predicted octanol–water partition coefficient (Wildman–Crippen LogP) is 2.31. The Labute approximate surface area is 180 Å². The van der Waals surface area contributed by atoms with Crippen molar-refractivity contribution < 1.29 is 23.8 Å². The number of carbonyl (C=O) groups excluding carboxylic acids is 2. The number of amides is 2. The van der Waals surface area contributed by atoms with E-state index in [1.54, 1.807) is 19.1 Å². The molecule has 7 nitrogen and oxygen atoms in total. The van der Waals surface area contributed by atoms with Gasteiger partial charge in [-0.3, -0.25) is 9.59 Å². The van der Waals surface area contributed by atoms with E-state index in [9.17, 15) is 9.59 Å². The van der Waals surface area contributed by atoms with Crippen molar-refractivity contribution in [3.05, 3.63) is 66.2 Å². The van der Waals surface area contributed by atoms with Crippen LogP contribution in [0.1, 0.15) is 5.56 Å². The summed E-state index contributed by atoms with van der Waals surface area (Å²) in [4.78, 5) is 28.2. The Kier molecular flexibility index (Phi) is 4.70. The van der Waals surface area contributed by atoms with Crippen LogP contribution >= 0.6 is 0 Å². The standard InChI is InChI=1S/C24H24N2O5/c1-29-17-8-6-16(7-9-17)26-14-24-11-10-19(31-24)20(21(24)23(26)28)22(27)25-13-15-4-3-5-18(12-15)30-2/h3-12,19-21H,13-14H2,1-2H3,(H,25,27)/t19-,20-,21-,24-/m0/s1. The van der Waals surface area contributed by atoms with Crippen LogP contribution < -0.4 is 19.7 Å². The van der Waals surface area contributed by atoms with E-state index in [2.05, 4.69) is 5.32 Å². The highest BCUT2D eigenvalue weighted by Crippen LogP contribution is 2.52. The Morgan fingerprint density at radius 2 is 1.94 bits per heavy atom. The summed E-state index contributed by atoms with van der Waals surface area (Å²) in [6.45, 7) is 0.758. The van der Waals surface area contributed by atoms with Gasteiger partial charge in [0, 0.05) is 12.2 Å². The number of nitrogens with one attached hydrogen (secondary N) is 1. The fourth-order valence-corrected chi connectivity index (χ4v) is 4.87. The number of anilines is 1. The summed E-state index contributed by atoms with van der Waals surface area (Å²) in [5, 5.41) is 2.98. The van der Waals surface area contributed by atoms with Gasteiger partial charge in [0.2, 0.25) is 11.8 Å². The molecule has 4 atom stereocenters. The number of nitrogens with zero attached hydrogens (tertiary/aromatic N) is 1. The summed E-state index contributed by atoms with van der Waals surface area (Å²) in [7, 11) is 3.21. The molecule has 7 heteroatoms. The van der Waals surface area contributed by atoms with Gasteiger partial charge in [0.15, 0.2) is 0 Å². The van der Waals surface area contributed by atoms with Crippen molar-refractivity contribution in [1.29, 1.82) is 0 Å². The first-order chi connectivity index (χ1) is 15.0. The van der Waals surface area contributed by atoms with Crippen molar-refractivity contribution >= 4 is 17.5 Å². The Morgan fingerprint density at radius 3 is 2.68 bits per heavy atom. The van der Waals surface area contributed by atoms with Crippen molar-refractivity contribution in [2.75, 3.05) is 25.7 Å². The first kappa shape index (κ1) is 19.6. The molecule has 0 aromatic heterocycles. The van der Waals surface area contributed by atoms with Crippen molar-refractivity contribution in [2.24, 2.45) is 11.8 Å². The molecule has 0 saturated carbocycles. The summed E-state index contributed by atoms with van der Waals surface area (Å²) >= 11 is 0. The third-order valence-electron chi connectivity index (χ3n) is 6.39. The van der Waals surface area contributed by atoms with Gasteiger partial charge in [-0.2, -0.15) is 0 Å². The number of carbonyl (C=O) groups is 2. The summed E-state index contributed by atoms with van der Waals surface area (Å²) in [6.07, 6.45) is 3.49. The molecular formula is C24H24N2O5. The number of benzene rings is 2. The molecule has 3 aliphatic rings. The molecule has 1 spiro atoms. The van der Waals surface area contributed by atoms with Crippen LogP contribution in [0.25, 0.3) is 0 Å².